The summed E-state index contributed by atoms with van der Waals surface area (Å²) in [4.78, 5) is 8.53. The monoisotopic (exact) mass is 363 g/mol. The fraction of sp³-hybridized carbons (Fsp3) is 0.300. The van der Waals surface area contributed by atoms with Crippen LogP contribution in [0.25, 0.3) is 11.5 Å². The van der Waals surface area contributed by atoms with Crippen LogP contribution in [-0.4, -0.2) is 24.7 Å². The first-order valence-electron chi connectivity index (χ1n) is 8.92. The van der Waals surface area contributed by atoms with Gasteiger partial charge in [-0.05, 0) is 30.4 Å². The van der Waals surface area contributed by atoms with Gasteiger partial charge in [0.2, 0.25) is 0 Å². The molecule has 5 nitrogen and oxygen atoms in total. The first kappa shape index (κ1) is 17.0. The van der Waals surface area contributed by atoms with Crippen LogP contribution < -0.4 is 0 Å². The fourth-order valence-corrected chi connectivity index (χ4v) is 4.67. The maximum absolute atomic E-state index is 4.47. The largest absolute Gasteiger partial charge is 0.297 e. The molecule has 0 saturated carbocycles. The second kappa shape index (κ2) is 7.83. The fourth-order valence-electron chi connectivity index (χ4n) is 3.40. The zero-order chi connectivity index (χ0) is 17.8. The minimum absolute atomic E-state index is 0.399. The van der Waals surface area contributed by atoms with E-state index in [-0.39, 0.29) is 0 Å². The molecule has 3 aromatic rings. The van der Waals surface area contributed by atoms with E-state index in [1.54, 1.807) is 30.4 Å². The van der Waals surface area contributed by atoms with Crippen molar-refractivity contribution in [2.75, 3.05) is 0 Å². The average Bonchev–Trinajstić information content (AvgIpc) is 2.96. The normalized spacial score (nSPS) is 16.7. The van der Waals surface area contributed by atoms with Crippen LogP contribution in [0, 0.1) is 0 Å². The summed E-state index contributed by atoms with van der Waals surface area (Å²) in [5, 5.41) is 10.2. The third kappa shape index (κ3) is 3.42. The molecule has 0 radical (unpaired) electrons. The first-order chi connectivity index (χ1) is 12.9. The van der Waals surface area contributed by atoms with Gasteiger partial charge in [0.1, 0.15) is 5.69 Å². The molecule has 0 spiro atoms. The summed E-state index contributed by atoms with van der Waals surface area (Å²) >= 11 is 1.80. The average molecular weight is 363 g/mol. The molecule has 0 N–H and O–H groups in total. The standard InChI is InChI=1S/C20H21N5S/c1-2-13-25-19(17-14-21-11-12-22-17)23-24-20(25)26-18-10-6-4-8-15-7-3-5-9-16(15)18/h2-3,5,7,9,11-12,14,18H,1,4,6,8,10,13H2. The number of allylic oxidation sites excluding steroid dienone is 1. The van der Waals surface area contributed by atoms with Crippen LogP contribution in [-0.2, 0) is 13.0 Å². The van der Waals surface area contributed by atoms with Gasteiger partial charge >= 0.3 is 0 Å². The maximum atomic E-state index is 4.47. The summed E-state index contributed by atoms with van der Waals surface area (Å²) in [5.41, 5.74) is 3.63. The highest BCUT2D eigenvalue weighted by atomic mass is 32.2. The van der Waals surface area contributed by atoms with Crippen molar-refractivity contribution in [1.29, 1.82) is 0 Å². The van der Waals surface area contributed by atoms with Gasteiger partial charge < -0.3 is 0 Å². The molecule has 4 rings (SSSR count). The van der Waals surface area contributed by atoms with Gasteiger partial charge in [-0.1, -0.05) is 48.5 Å². The Labute approximate surface area is 157 Å². The summed E-state index contributed by atoms with van der Waals surface area (Å²) in [6, 6.07) is 8.79. The van der Waals surface area contributed by atoms with Crippen molar-refractivity contribution in [1.82, 2.24) is 24.7 Å². The highest BCUT2D eigenvalue weighted by Gasteiger charge is 2.23. The molecule has 1 aliphatic rings. The summed E-state index contributed by atoms with van der Waals surface area (Å²) in [6.07, 6.45) is 11.7. The van der Waals surface area contributed by atoms with E-state index in [1.807, 2.05) is 6.08 Å². The van der Waals surface area contributed by atoms with Crippen molar-refractivity contribution < 1.29 is 0 Å². The molecule has 0 saturated heterocycles. The third-order valence-corrected chi connectivity index (χ3v) is 5.92. The van der Waals surface area contributed by atoms with Crippen molar-refractivity contribution in [3.63, 3.8) is 0 Å². The van der Waals surface area contributed by atoms with Gasteiger partial charge in [0, 0.05) is 24.2 Å². The Balaban J connectivity index is 1.69. The molecule has 132 valence electrons. The van der Waals surface area contributed by atoms with E-state index in [0.717, 1.165) is 29.5 Å². The van der Waals surface area contributed by atoms with Gasteiger partial charge in [0.25, 0.3) is 0 Å². The Kier molecular flexibility index (Phi) is 5.11. The lowest BCUT2D eigenvalue weighted by Gasteiger charge is -2.17. The number of fused-ring (bicyclic) bond motifs is 1. The zero-order valence-corrected chi connectivity index (χ0v) is 15.4. The summed E-state index contributed by atoms with van der Waals surface area (Å²) in [6.45, 7) is 4.54. The van der Waals surface area contributed by atoms with Crippen molar-refractivity contribution >= 4 is 11.8 Å². The van der Waals surface area contributed by atoms with Gasteiger partial charge in [-0.15, -0.1) is 16.8 Å². The Morgan fingerprint density at radius 3 is 2.96 bits per heavy atom. The van der Waals surface area contributed by atoms with Crippen molar-refractivity contribution in [2.45, 2.75) is 42.6 Å². The molecule has 0 aliphatic heterocycles. The Morgan fingerprint density at radius 2 is 2.12 bits per heavy atom. The Bertz CT molecular complexity index is 890. The van der Waals surface area contributed by atoms with E-state index in [9.17, 15) is 0 Å². The van der Waals surface area contributed by atoms with Crippen LogP contribution in [0.4, 0.5) is 0 Å². The van der Waals surface area contributed by atoms with E-state index in [1.165, 1.54) is 24.0 Å². The number of nitrogens with zero attached hydrogens (tertiary/aromatic N) is 5. The molecule has 0 amide bonds. The second-order valence-electron chi connectivity index (χ2n) is 6.35. The smallest absolute Gasteiger partial charge is 0.192 e. The minimum atomic E-state index is 0.399. The summed E-state index contributed by atoms with van der Waals surface area (Å²) < 4.78 is 2.08. The van der Waals surface area contributed by atoms with Gasteiger partial charge in [-0.25, -0.2) is 4.98 Å². The van der Waals surface area contributed by atoms with Gasteiger partial charge in [-0.2, -0.15) is 0 Å². The third-order valence-electron chi connectivity index (χ3n) is 4.63. The zero-order valence-electron chi connectivity index (χ0n) is 14.6. The minimum Gasteiger partial charge on any atom is -0.297 e. The van der Waals surface area contributed by atoms with Crippen LogP contribution in [0.5, 0.6) is 0 Å². The van der Waals surface area contributed by atoms with E-state index in [4.69, 9.17) is 0 Å². The SMILES string of the molecule is C=CCn1c(SC2CCCCc3ccccc32)nnc1-c1cnccn1. The molecule has 26 heavy (non-hydrogen) atoms. The summed E-state index contributed by atoms with van der Waals surface area (Å²) in [5.74, 6) is 0.738. The number of rotatable bonds is 5. The van der Waals surface area contributed by atoms with Crippen LogP contribution in [0.3, 0.4) is 0 Å². The molecular formula is C20H21N5S. The highest BCUT2D eigenvalue weighted by Crippen LogP contribution is 2.42. The van der Waals surface area contributed by atoms with Gasteiger partial charge in [0.15, 0.2) is 11.0 Å². The van der Waals surface area contributed by atoms with Crippen molar-refractivity contribution in [2.24, 2.45) is 0 Å². The molecule has 2 aromatic heterocycles. The van der Waals surface area contributed by atoms with Crippen LogP contribution in [0.2, 0.25) is 0 Å². The van der Waals surface area contributed by atoms with Crippen molar-refractivity contribution in [3.8, 4) is 11.5 Å². The van der Waals surface area contributed by atoms with Gasteiger partial charge in [0.05, 0.1) is 6.20 Å². The first-order valence-corrected chi connectivity index (χ1v) is 9.79. The molecule has 1 aliphatic carbocycles. The molecule has 0 fully saturated rings. The number of aryl methyl sites for hydroxylation is 1. The number of thioether (sulfide) groups is 1. The summed E-state index contributed by atoms with van der Waals surface area (Å²) in [7, 11) is 0. The van der Waals surface area contributed by atoms with Crippen LogP contribution in [0.1, 0.15) is 35.6 Å². The molecule has 2 heterocycles. The quantitative estimate of drug-likeness (QED) is 0.494. The lowest BCUT2D eigenvalue weighted by molar-refractivity contribution is 0.692. The molecule has 1 unspecified atom stereocenters. The lowest BCUT2D eigenvalue weighted by atomic mass is 10.0. The lowest BCUT2D eigenvalue weighted by Crippen LogP contribution is -2.04. The second-order valence-corrected chi connectivity index (χ2v) is 7.52. The van der Waals surface area contributed by atoms with E-state index < -0.39 is 0 Å². The number of hydrogen-bond donors (Lipinski definition) is 0. The predicted octanol–water partition coefficient (Wildman–Crippen LogP) is 4.48. The molecule has 1 aromatic carbocycles. The Morgan fingerprint density at radius 1 is 1.19 bits per heavy atom. The predicted molar refractivity (Wildman–Crippen MR) is 104 cm³/mol. The molecule has 0 bridgehead atoms. The maximum Gasteiger partial charge on any atom is 0.192 e. The highest BCUT2D eigenvalue weighted by molar-refractivity contribution is 7.99. The van der Waals surface area contributed by atoms with Crippen LogP contribution >= 0.6 is 11.8 Å². The molecular weight excluding hydrogens is 342 g/mol. The van der Waals surface area contributed by atoms with E-state index in [0.29, 0.717) is 11.8 Å². The van der Waals surface area contributed by atoms with Gasteiger partial charge in [-0.3, -0.25) is 9.55 Å². The topological polar surface area (TPSA) is 56.5 Å². The number of benzene rings is 1. The molecule has 1 atom stereocenters. The number of hydrogen-bond acceptors (Lipinski definition) is 5. The Hall–Kier alpha value is -2.47. The number of aromatic nitrogens is 5. The van der Waals surface area contributed by atoms with E-state index in [2.05, 4.69) is 55.6 Å². The van der Waals surface area contributed by atoms with Crippen LogP contribution in [0.15, 0.2) is 60.7 Å². The van der Waals surface area contributed by atoms with E-state index >= 15 is 0 Å². The van der Waals surface area contributed by atoms with Crippen molar-refractivity contribution in [3.05, 3.63) is 66.6 Å². The molecule has 6 heteroatoms.